The lowest BCUT2D eigenvalue weighted by Gasteiger charge is -2.01. The number of benzene rings is 1. The van der Waals surface area contributed by atoms with Crippen LogP contribution in [0.2, 0.25) is 0 Å². The zero-order valence-corrected chi connectivity index (χ0v) is 12.6. The van der Waals surface area contributed by atoms with Gasteiger partial charge < -0.3 is 4.52 Å². The molecule has 2 aromatic heterocycles. The normalized spacial score (nSPS) is 12.5. The smallest absolute Gasteiger partial charge is 0.240 e. The quantitative estimate of drug-likeness (QED) is 0.684. The van der Waals surface area contributed by atoms with Gasteiger partial charge in [0.05, 0.1) is 5.25 Å². The fourth-order valence-electron chi connectivity index (χ4n) is 1.63. The van der Waals surface area contributed by atoms with Gasteiger partial charge in [0.15, 0.2) is 4.34 Å². The van der Waals surface area contributed by atoms with Crippen molar-refractivity contribution in [3.8, 4) is 11.4 Å². The number of nitrogens with zero attached hydrogens (tertiary/aromatic N) is 4. The summed E-state index contributed by atoms with van der Waals surface area (Å²) in [7, 11) is 0. The number of rotatable bonds is 4. The van der Waals surface area contributed by atoms with Crippen LogP contribution in [0.4, 0.5) is 0 Å². The van der Waals surface area contributed by atoms with Gasteiger partial charge >= 0.3 is 0 Å². The molecule has 1 atom stereocenters. The van der Waals surface area contributed by atoms with Gasteiger partial charge in [-0.15, -0.1) is 10.2 Å². The molecule has 3 rings (SSSR count). The highest BCUT2D eigenvalue weighted by Crippen LogP contribution is 2.35. The van der Waals surface area contributed by atoms with Crippen LogP contribution in [0, 0.1) is 6.92 Å². The molecule has 1 aromatic carbocycles. The topological polar surface area (TPSA) is 64.7 Å². The van der Waals surface area contributed by atoms with Crippen molar-refractivity contribution >= 4 is 23.1 Å². The van der Waals surface area contributed by atoms with Gasteiger partial charge in [0.1, 0.15) is 5.01 Å². The van der Waals surface area contributed by atoms with Crippen LogP contribution in [0.3, 0.4) is 0 Å². The fourth-order valence-corrected chi connectivity index (χ4v) is 3.62. The zero-order chi connectivity index (χ0) is 13.9. The Balaban J connectivity index is 1.76. The van der Waals surface area contributed by atoms with Crippen molar-refractivity contribution in [1.29, 1.82) is 0 Å². The first-order valence-electron chi connectivity index (χ1n) is 6.08. The largest absolute Gasteiger partial charge is 0.338 e. The Labute approximate surface area is 124 Å². The van der Waals surface area contributed by atoms with Crippen molar-refractivity contribution in [1.82, 2.24) is 20.3 Å². The molecule has 0 saturated heterocycles. The summed E-state index contributed by atoms with van der Waals surface area (Å²) < 4.78 is 6.25. The van der Waals surface area contributed by atoms with E-state index in [-0.39, 0.29) is 5.25 Å². The van der Waals surface area contributed by atoms with Crippen LogP contribution in [0.5, 0.6) is 0 Å². The predicted octanol–water partition coefficient (Wildman–Crippen LogP) is 3.75. The Morgan fingerprint density at radius 2 is 2.00 bits per heavy atom. The maximum atomic E-state index is 5.33. The first-order chi connectivity index (χ1) is 9.72. The lowest BCUT2D eigenvalue weighted by molar-refractivity contribution is 0.381. The summed E-state index contributed by atoms with van der Waals surface area (Å²) in [5.41, 5.74) is 0.950. The molecule has 0 bridgehead atoms. The average Bonchev–Trinajstić information content (AvgIpc) is 3.09. The van der Waals surface area contributed by atoms with Gasteiger partial charge in [0.25, 0.3) is 0 Å². The summed E-state index contributed by atoms with van der Waals surface area (Å²) >= 11 is 3.14. The number of thioether (sulfide) groups is 1. The number of aryl methyl sites for hydroxylation is 1. The summed E-state index contributed by atoms with van der Waals surface area (Å²) in [5.74, 6) is 1.21. The van der Waals surface area contributed by atoms with Gasteiger partial charge in [-0.05, 0) is 13.8 Å². The highest BCUT2D eigenvalue weighted by Gasteiger charge is 2.18. The average molecular weight is 304 g/mol. The van der Waals surface area contributed by atoms with E-state index in [9.17, 15) is 0 Å². The summed E-state index contributed by atoms with van der Waals surface area (Å²) in [6.45, 7) is 3.95. The van der Waals surface area contributed by atoms with E-state index < -0.39 is 0 Å². The number of hydrogen-bond acceptors (Lipinski definition) is 7. The van der Waals surface area contributed by atoms with Gasteiger partial charge in [-0.2, -0.15) is 4.98 Å². The second kappa shape index (κ2) is 5.72. The lowest BCUT2D eigenvalue weighted by atomic mass is 10.2. The fraction of sp³-hybridized carbons (Fsp3) is 0.231. The molecule has 0 amide bonds. The Bertz CT molecular complexity index is 695. The van der Waals surface area contributed by atoms with Crippen LogP contribution in [-0.4, -0.2) is 20.3 Å². The second-order valence-corrected chi connectivity index (χ2v) is 6.94. The third kappa shape index (κ3) is 2.88. The van der Waals surface area contributed by atoms with Crippen molar-refractivity contribution in [3.63, 3.8) is 0 Å². The molecular formula is C13H12N4OS2. The zero-order valence-electron chi connectivity index (χ0n) is 11.0. The summed E-state index contributed by atoms with van der Waals surface area (Å²) in [5, 5.41) is 13.1. The molecule has 1 unspecified atom stereocenters. The Morgan fingerprint density at radius 1 is 1.20 bits per heavy atom. The second-order valence-electron chi connectivity index (χ2n) is 4.17. The predicted molar refractivity (Wildman–Crippen MR) is 78.7 cm³/mol. The van der Waals surface area contributed by atoms with E-state index in [1.807, 2.05) is 44.2 Å². The van der Waals surface area contributed by atoms with E-state index in [0.717, 1.165) is 14.9 Å². The van der Waals surface area contributed by atoms with Gasteiger partial charge in [-0.3, -0.25) is 0 Å². The third-order valence-corrected chi connectivity index (χ3v) is 4.62. The summed E-state index contributed by atoms with van der Waals surface area (Å²) in [6.07, 6.45) is 0. The first kappa shape index (κ1) is 13.3. The third-order valence-electron chi connectivity index (χ3n) is 2.61. The van der Waals surface area contributed by atoms with Crippen molar-refractivity contribution in [3.05, 3.63) is 41.2 Å². The van der Waals surface area contributed by atoms with Crippen LogP contribution >= 0.6 is 23.1 Å². The molecule has 0 radical (unpaired) electrons. The van der Waals surface area contributed by atoms with Crippen LogP contribution in [0.1, 0.15) is 23.1 Å². The van der Waals surface area contributed by atoms with E-state index in [1.54, 1.807) is 23.1 Å². The Kier molecular flexibility index (Phi) is 3.79. The van der Waals surface area contributed by atoms with Crippen LogP contribution < -0.4 is 0 Å². The maximum absolute atomic E-state index is 5.33. The molecule has 102 valence electrons. The molecule has 0 aliphatic carbocycles. The van der Waals surface area contributed by atoms with Gasteiger partial charge in [0.2, 0.25) is 11.7 Å². The van der Waals surface area contributed by atoms with Gasteiger partial charge in [-0.1, -0.05) is 58.6 Å². The standard InChI is InChI=1S/C13H12N4OS2/c1-8(19-13-16-15-9(2)20-13)12-14-11(17-18-12)10-6-4-3-5-7-10/h3-8H,1-2H3. The van der Waals surface area contributed by atoms with Crippen LogP contribution in [0.25, 0.3) is 11.4 Å². The van der Waals surface area contributed by atoms with Crippen molar-refractivity contribution in [2.45, 2.75) is 23.4 Å². The minimum Gasteiger partial charge on any atom is -0.338 e. The van der Waals surface area contributed by atoms with Crippen molar-refractivity contribution in [2.75, 3.05) is 0 Å². The Hall–Kier alpha value is -1.73. The minimum atomic E-state index is 0.0484. The molecule has 7 heteroatoms. The molecule has 0 spiro atoms. The van der Waals surface area contributed by atoms with E-state index in [1.165, 1.54) is 0 Å². The summed E-state index contributed by atoms with van der Waals surface area (Å²) in [6, 6.07) is 9.78. The molecule has 20 heavy (non-hydrogen) atoms. The van der Waals surface area contributed by atoms with Crippen molar-refractivity contribution < 1.29 is 4.52 Å². The highest BCUT2D eigenvalue weighted by atomic mass is 32.2. The number of hydrogen-bond donors (Lipinski definition) is 0. The van der Waals surface area contributed by atoms with E-state index in [4.69, 9.17) is 4.52 Å². The molecule has 0 saturated carbocycles. The first-order valence-corrected chi connectivity index (χ1v) is 7.78. The monoisotopic (exact) mass is 304 g/mol. The molecule has 5 nitrogen and oxygen atoms in total. The number of aromatic nitrogens is 4. The highest BCUT2D eigenvalue weighted by molar-refractivity contribution is 8.01. The molecule has 3 aromatic rings. The Morgan fingerprint density at radius 3 is 2.70 bits per heavy atom. The molecule has 0 aliphatic heterocycles. The SMILES string of the molecule is Cc1nnc(SC(C)c2nc(-c3ccccc3)no2)s1. The molecule has 0 N–H and O–H groups in total. The molecule has 0 fully saturated rings. The van der Waals surface area contributed by atoms with E-state index in [2.05, 4.69) is 20.3 Å². The molecule has 0 aliphatic rings. The summed E-state index contributed by atoms with van der Waals surface area (Å²) in [4.78, 5) is 4.44. The van der Waals surface area contributed by atoms with Crippen LogP contribution in [-0.2, 0) is 0 Å². The van der Waals surface area contributed by atoms with Crippen molar-refractivity contribution in [2.24, 2.45) is 0 Å². The maximum Gasteiger partial charge on any atom is 0.240 e. The van der Waals surface area contributed by atoms with E-state index in [0.29, 0.717) is 11.7 Å². The van der Waals surface area contributed by atoms with Gasteiger partial charge in [0, 0.05) is 5.56 Å². The molecular weight excluding hydrogens is 292 g/mol. The molecule has 2 heterocycles. The van der Waals surface area contributed by atoms with Crippen LogP contribution in [0.15, 0.2) is 39.2 Å². The van der Waals surface area contributed by atoms with Gasteiger partial charge in [-0.25, -0.2) is 0 Å². The minimum absolute atomic E-state index is 0.0484. The van der Waals surface area contributed by atoms with E-state index >= 15 is 0 Å². The lowest BCUT2D eigenvalue weighted by Crippen LogP contribution is -1.88.